The Morgan fingerprint density at radius 3 is 2.26 bits per heavy atom. The van der Waals surface area contributed by atoms with Crippen LogP contribution in [0.5, 0.6) is 5.75 Å². The van der Waals surface area contributed by atoms with Crippen molar-refractivity contribution in [1.29, 1.82) is 0 Å². The van der Waals surface area contributed by atoms with Crippen molar-refractivity contribution in [2.45, 2.75) is 12.2 Å². The number of nitrogens with one attached hydrogen (secondary N) is 2. The van der Waals surface area contributed by atoms with Gasteiger partial charge in [-0.05, 0) is 24.1 Å². The van der Waals surface area contributed by atoms with Crippen LogP contribution in [0.3, 0.4) is 0 Å². The number of para-hydroxylation sites is 1. The van der Waals surface area contributed by atoms with Gasteiger partial charge in [0.05, 0.1) is 18.1 Å². The lowest BCUT2D eigenvalue weighted by atomic mass is 10.2. The topological polar surface area (TPSA) is 79.8 Å². The Morgan fingerprint density at radius 1 is 0.963 bits per heavy atom. The molecule has 0 heterocycles. The first kappa shape index (κ1) is 20.8. The molecule has 2 aromatic rings. The van der Waals surface area contributed by atoms with Gasteiger partial charge in [0.25, 0.3) is 0 Å². The van der Waals surface area contributed by atoms with Crippen LogP contribution >= 0.6 is 0 Å². The van der Waals surface area contributed by atoms with E-state index < -0.39 is 9.84 Å². The van der Waals surface area contributed by atoms with E-state index in [0.717, 1.165) is 11.3 Å². The highest BCUT2D eigenvalue weighted by Crippen LogP contribution is 2.08. The molecule has 0 radical (unpaired) electrons. The van der Waals surface area contributed by atoms with Gasteiger partial charge in [0.1, 0.15) is 12.4 Å². The standard InChI is InChI=1S/C20H27N3O3S/c1-21-20(23-14-15-26-19-11-6-3-7-12-19)22-13-8-16-27(24,25)17-18-9-4-2-5-10-18/h2-7,9-12H,8,13-17H2,1H3,(H2,21,22,23). The summed E-state index contributed by atoms with van der Waals surface area (Å²) in [6.45, 7) is 1.64. The van der Waals surface area contributed by atoms with Crippen molar-refractivity contribution in [3.05, 3.63) is 66.2 Å². The molecule has 0 aliphatic heterocycles. The van der Waals surface area contributed by atoms with Gasteiger partial charge in [-0.25, -0.2) is 8.42 Å². The molecule has 27 heavy (non-hydrogen) atoms. The maximum Gasteiger partial charge on any atom is 0.191 e. The highest BCUT2D eigenvalue weighted by Gasteiger charge is 2.11. The maximum atomic E-state index is 12.2. The van der Waals surface area contributed by atoms with Gasteiger partial charge in [0, 0.05) is 13.6 Å². The van der Waals surface area contributed by atoms with Crippen LogP contribution in [0.15, 0.2) is 65.7 Å². The predicted octanol–water partition coefficient (Wildman–Crippen LogP) is 2.24. The van der Waals surface area contributed by atoms with Gasteiger partial charge in [-0.1, -0.05) is 48.5 Å². The Bertz CT molecular complexity index is 794. The molecule has 0 atom stereocenters. The van der Waals surface area contributed by atoms with Crippen LogP contribution in [-0.4, -0.2) is 46.9 Å². The normalized spacial score (nSPS) is 11.8. The molecule has 7 heteroatoms. The Balaban J connectivity index is 1.61. The molecule has 0 amide bonds. The first-order valence-electron chi connectivity index (χ1n) is 8.96. The average Bonchev–Trinajstić information content (AvgIpc) is 2.68. The monoisotopic (exact) mass is 389 g/mol. The van der Waals surface area contributed by atoms with Crippen molar-refractivity contribution in [2.24, 2.45) is 4.99 Å². The second-order valence-electron chi connectivity index (χ2n) is 6.02. The largest absolute Gasteiger partial charge is 0.492 e. The fraction of sp³-hybridized carbons (Fsp3) is 0.350. The molecule has 6 nitrogen and oxygen atoms in total. The summed E-state index contributed by atoms with van der Waals surface area (Å²) in [7, 11) is -1.43. The number of rotatable bonds is 10. The zero-order valence-electron chi connectivity index (χ0n) is 15.6. The molecule has 0 saturated carbocycles. The molecule has 2 N–H and O–H groups in total. The van der Waals surface area contributed by atoms with Crippen molar-refractivity contribution in [1.82, 2.24) is 10.6 Å². The molecular weight excluding hydrogens is 362 g/mol. The summed E-state index contributed by atoms with van der Waals surface area (Å²) in [4.78, 5) is 4.12. The summed E-state index contributed by atoms with van der Waals surface area (Å²) in [6, 6.07) is 18.8. The van der Waals surface area contributed by atoms with Crippen molar-refractivity contribution in [3.8, 4) is 5.75 Å². The third-order valence-electron chi connectivity index (χ3n) is 3.78. The van der Waals surface area contributed by atoms with Gasteiger partial charge in [0.2, 0.25) is 0 Å². The zero-order chi connectivity index (χ0) is 19.4. The van der Waals surface area contributed by atoms with E-state index in [1.807, 2.05) is 60.7 Å². The highest BCUT2D eigenvalue weighted by atomic mass is 32.2. The number of sulfone groups is 1. The molecule has 2 aromatic carbocycles. The molecular formula is C20H27N3O3S. The van der Waals surface area contributed by atoms with Gasteiger partial charge >= 0.3 is 0 Å². The smallest absolute Gasteiger partial charge is 0.191 e. The van der Waals surface area contributed by atoms with E-state index >= 15 is 0 Å². The van der Waals surface area contributed by atoms with Gasteiger partial charge in [-0.2, -0.15) is 0 Å². The second-order valence-corrected chi connectivity index (χ2v) is 8.20. The zero-order valence-corrected chi connectivity index (χ0v) is 16.4. The van der Waals surface area contributed by atoms with E-state index in [1.54, 1.807) is 7.05 Å². The predicted molar refractivity (Wildman–Crippen MR) is 110 cm³/mol. The molecule has 0 aliphatic carbocycles. The molecule has 0 unspecified atom stereocenters. The molecule has 0 fully saturated rings. The molecule has 0 spiro atoms. The summed E-state index contributed by atoms with van der Waals surface area (Å²) < 4.78 is 29.9. The van der Waals surface area contributed by atoms with Gasteiger partial charge in [-0.3, -0.25) is 4.99 Å². The van der Waals surface area contributed by atoms with Crippen LogP contribution < -0.4 is 15.4 Å². The third-order valence-corrected chi connectivity index (χ3v) is 5.47. The number of guanidine groups is 1. The molecule has 0 saturated heterocycles. The quantitative estimate of drug-likeness (QED) is 0.370. The minimum Gasteiger partial charge on any atom is -0.492 e. The van der Waals surface area contributed by atoms with Crippen LogP contribution in [0.2, 0.25) is 0 Å². The van der Waals surface area contributed by atoms with Crippen molar-refractivity contribution < 1.29 is 13.2 Å². The Hall–Kier alpha value is -2.54. The van der Waals surface area contributed by atoms with Crippen molar-refractivity contribution >= 4 is 15.8 Å². The van der Waals surface area contributed by atoms with E-state index in [1.165, 1.54) is 0 Å². The number of ether oxygens (including phenoxy) is 1. The van der Waals surface area contributed by atoms with Crippen LogP contribution in [0.1, 0.15) is 12.0 Å². The molecule has 2 rings (SSSR count). The van der Waals surface area contributed by atoms with E-state index in [4.69, 9.17) is 4.74 Å². The van der Waals surface area contributed by atoms with Gasteiger partial charge in [0.15, 0.2) is 15.8 Å². The summed E-state index contributed by atoms with van der Waals surface area (Å²) in [6.07, 6.45) is 0.524. The van der Waals surface area contributed by atoms with Gasteiger partial charge in [-0.15, -0.1) is 0 Å². The number of hydrogen-bond acceptors (Lipinski definition) is 4. The number of benzene rings is 2. The molecule has 0 bridgehead atoms. The summed E-state index contributed by atoms with van der Waals surface area (Å²) in [5.41, 5.74) is 0.821. The SMILES string of the molecule is CN=C(NCCCS(=O)(=O)Cc1ccccc1)NCCOc1ccccc1. The number of nitrogens with zero attached hydrogens (tertiary/aromatic N) is 1. The minimum absolute atomic E-state index is 0.0810. The second kappa shape index (κ2) is 11.2. The number of aliphatic imine (C=N–C) groups is 1. The van der Waals surface area contributed by atoms with E-state index in [-0.39, 0.29) is 11.5 Å². The lowest BCUT2D eigenvalue weighted by Gasteiger charge is -2.12. The van der Waals surface area contributed by atoms with Crippen molar-refractivity contribution in [2.75, 3.05) is 32.5 Å². The lowest BCUT2D eigenvalue weighted by Crippen LogP contribution is -2.40. The minimum atomic E-state index is -3.11. The van der Waals surface area contributed by atoms with Gasteiger partial charge < -0.3 is 15.4 Å². The van der Waals surface area contributed by atoms with E-state index in [9.17, 15) is 8.42 Å². The summed E-state index contributed by atoms with van der Waals surface area (Å²) in [5, 5.41) is 6.27. The van der Waals surface area contributed by atoms with Crippen molar-refractivity contribution in [3.63, 3.8) is 0 Å². The summed E-state index contributed by atoms with van der Waals surface area (Å²) >= 11 is 0. The highest BCUT2D eigenvalue weighted by molar-refractivity contribution is 7.90. The average molecular weight is 390 g/mol. The fourth-order valence-corrected chi connectivity index (χ4v) is 3.90. The molecule has 146 valence electrons. The Labute approximate surface area is 161 Å². The maximum absolute atomic E-state index is 12.2. The van der Waals surface area contributed by atoms with Crippen LogP contribution in [0, 0.1) is 0 Å². The Morgan fingerprint density at radius 2 is 1.59 bits per heavy atom. The number of hydrogen-bond donors (Lipinski definition) is 2. The Kier molecular flexibility index (Phi) is 8.64. The van der Waals surface area contributed by atoms with E-state index in [0.29, 0.717) is 32.1 Å². The summed E-state index contributed by atoms with van der Waals surface area (Å²) in [5.74, 6) is 1.68. The first-order chi connectivity index (χ1) is 13.1. The molecule has 0 aliphatic rings. The lowest BCUT2D eigenvalue weighted by molar-refractivity contribution is 0.322. The van der Waals surface area contributed by atoms with Crippen LogP contribution in [-0.2, 0) is 15.6 Å². The third kappa shape index (κ3) is 8.59. The van der Waals surface area contributed by atoms with Crippen LogP contribution in [0.4, 0.5) is 0 Å². The van der Waals surface area contributed by atoms with Crippen LogP contribution in [0.25, 0.3) is 0 Å². The first-order valence-corrected chi connectivity index (χ1v) is 10.8. The fourth-order valence-electron chi connectivity index (χ4n) is 2.47. The molecule has 0 aromatic heterocycles. The van der Waals surface area contributed by atoms with E-state index in [2.05, 4.69) is 15.6 Å².